The fraction of sp³-hybridized carbons (Fsp3) is 0.485. The van der Waals surface area contributed by atoms with E-state index in [1.54, 1.807) is 58.2 Å². The van der Waals surface area contributed by atoms with Crippen molar-refractivity contribution < 1.29 is 39.2 Å². The van der Waals surface area contributed by atoms with Crippen LogP contribution in [0.3, 0.4) is 0 Å². The molecule has 0 radical (unpaired) electrons. The third-order valence-electron chi connectivity index (χ3n) is 9.17. The van der Waals surface area contributed by atoms with Crippen molar-refractivity contribution in [1.29, 1.82) is 0 Å². The van der Waals surface area contributed by atoms with Gasteiger partial charge < -0.3 is 40.4 Å². The van der Waals surface area contributed by atoms with Gasteiger partial charge in [-0.3, -0.25) is 19.1 Å². The number of anilines is 3. The highest BCUT2D eigenvalue weighted by Gasteiger charge is 2.66. The van der Waals surface area contributed by atoms with E-state index in [0.717, 1.165) is 5.56 Å². The largest absolute Gasteiger partial charge is 0.432 e. The van der Waals surface area contributed by atoms with Gasteiger partial charge in [-0.2, -0.15) is 0 Å². The maximum atomic E-state index is 14.8. The summed E-state index contributed by atoms with van der Waals surface area (Å²) in [6.07, 6.45) is -0.338. The van der Waals surface area contributed by atoms with Gasteiger partial charge in [-0.05, 0) is 69.3 Å². The van der Waals surface area contributed by atoms with Gasteiger partial charge in [-0.25, -0.2) is 0 Å². The zero-order valence-corrected chi connectivity index (χ0v) is 28.8. The molecule has 1 fully saturated rings. The summed E-state index contributed by atoms with van der Waals surface area (Å²) in [4.78, 5) is 52.4. The number of hydrogen-bond donors (Lipinski definition) is 6. The molecule has 3 aromatic rings. The van der Waals surface area contributed by atoms with Gasteiger partial charge >= 0.3 is 0 Å². The van der Waals surface area contributed by atoms with Gasteiger partial charge in [-0.15, -0.1) is 5.10 Å². The van der Waals surface area contributed by atoms with Gasteiger partial charge in [0.05, 0.1) is 24.0 Å². The lowest BCUT2D eigenvalue weighted by Gasteiger charge is -2.32. The van der Waals surface area contributed by atoms with Crippen molar-refractivity contribution >= 4 is 43.1 Å². The first kappa shape index (κ1) is 35.3. The second kappa shape index (κ2) is 13.9. The summed E-state index contributed by atoms with van der Waals surface area (Å²) in [6, 6.07) is 12.1. The van der Waals surface area contributed by atoms with Crippen molar-refractivity contribution in [2.75, 3.05) is 22.1 Å². The molecule has 2 aliphatic rings. The fourth-order valence-corrected chi connectivity index (χ4v) is 9.49. The van der Waals surface area contributed by atoms with Crippen LogP contribution < -0.4 is 15.5 Å². The van der Waals surface area contributed by atoms with Gasteiger partial charge in [0, 0.05) is 54.2 Å². The molecule has 2 aromatic carbocycles. The third-order valence-corrected chi connectivity index (χ3v) is 11.7. The Labute approximate surface area is 279 Å². The number of benzene rings is 2. The lowest BCUT2D eigenvalue weighted by molar-refractivity contribution is -0.146. The van der Waals surface area contributed by atoms with Crippen LogP contribution in [0.5, 0.6) is 0 Å². The molecule has 5 rings (SSSR count). The standard InChI is InChI=1S/C33H44N6O8Si/c1-19-29(48(4,5)46)28(12-14-38-18-25(13-15-40)36-37-38)47-33(19)26-16-24(35-31(44)21(3)42)10-11-27(26)39(32(33)45)17-22-6-8-23(9-7-22)34-30(43)20(2)41/h6-11,16,18-21,28-29,40-42,46H,12-15,17H2,1-5H3,(H,34,43)(H,35,44)/t19-,20+,21+,28+,29-,33+/m1/s1. The number of aromatic nitrogens is 3. The van der Waals surface area contributed by atoms with E-state index in [0.29, 0.717) is 47.7 Å². The smallest absolute Gasteiger partial charge is 0.264 e. The first-order valence-electron chi connectivity index (χ1n) is 16.1. The van der Waals surface area contributed by atoms with Crippen LogP contribution in [0, 0.1) is 5.92 Å². The Morgan fingerprint density at radius 3 is 2.27 bits per heavy atom. The number of ether oxygens (including phenoxy) is 1. The quantitative estimate of drug-likeness (QED) is 0.154. The predicted molar refractivity (Wildman–Crippen MR) is 179 cm³/mol. The van der Waals surface area contributed by atoms with Crippen molar-refractivity contribution in [2.45, 2.75) is 89.3 Å². The minimum Gasteiger partial charge on any atom is -0.432 e. The van der Waals surface area contributed by atoms with E-state index in [-0.39, 0.29) is 24.6 Å². The van der Waals surface area contributed by atoms with Gasteiger partial charge in [0.15, 0.2) is 13.9 Å². The van der Waals surface area contributed by atoms with E-state index in [1.807, 2.05) is 20.0 Å². The van der Waals surface area contributed by atoms with Gasteiger partial charge in [0.1, 0.15) is 12.2 Å². The molecule has 0 saturated carbocycles. The van der Waals surface area contributed by atoms with Crippen molar-refractivity contribution in [3.63, 3.8) is 0 Å². The number of rotatable bonds is 12. The molecular formula is C33H44N6O8Si. The van der Waals surface area contributed by atoms with E-state index in [4.69, 9.17) is 4.74 Å². The number of nitrogens with zero attached hydrogens (tertiary/aromatic N) is 4. The maximum absolute atomic E-state index is 14.8. The molecule has 6 N–H and O–H groups in total. The third kappa shape index (κ3) is 6.92. The van der Waals surface area contributed by atoms with E-state index in [1.165, 1.54) is 13.8 Å². The van der Waals surface area contributed by atoms with Crippen LogP contribution in [0.25, 0.3) is 0 Å². The highest BCUT2D eigenvalue weighted by Crippen LogP contribution is 2.60. The lowest BCUT2D eigenvalue weighted by atomic mass is 9.82. The Bertz CT molecular complexity index is 1660. The van der Waals surface area contributed by atoms with Crippen LogP contribution >= 0.6 is 0 Å². The van der Waals surface area contributed by atoms with Crippen molar-refractivity contribution in [1.82, 2.24) is 15.0 Å². The van der Waals surface area contributed by atoms with Gasteiger partial charge in [-0.1, -0.05) is 24.3 Å². The van der Waals surface area contributed by atoms with Gasteiger partial charge in [0.2, 0.25) is 0 Å². The summed E-state index contributed by atoms with van der Waals surface area (Å²) in [6.45, 7) is 8.90. The van der Waals surface area contributed by atoms with E-state index in [9.17, 15) is 34.5 Å². The molecule has 1 saturated heterocycles. The average molecular weight is 681 g/mol. The molecule has 1 spiro atoms. The molecule has 0 unspecified atom stereocenters. The zero-order chi connectivity index (χ0) is 35.0. The molecule has 0 bridgehead atoms. The number of fused-ring (bicyclic) bond motifs is 2. The fourth-order valence-electron chi connectivity index (χ4n) is 6.89. The maximum Gasteiger partial charge on any atom is 0.264 e. The summed E-state index contributed by atoms with van der Waals surface area (Å²) in [7, 11) is -2.95. The zero-order valence-electron chi connectivity index (χ0n) is 27.8. The molecule has 2 aliphatic heterocycles. The Morgan fingerprint density at radius 1 is 1.04 bits per heavy atom. The minimum absolute atomic E-state index is 0.0434. The normalized spacial score (nSPS) is 23.3. The van der Waals surface area contributed by atoms with Crippen molar-refractivity contribution in [3.8, 4) is 0 Å². The number of hydrogen-bond acceptors (Lipinski definition) is 10. The molecule has 14 nitrogen and oxygen atoms in total. The molecule has 3 heterocycles. The molecule has 3 amide bonds. The average Bonchev–Trinajstić information content (AvgIpc) is 3.67. The minimum atomic E-state index is -2.95. The summed E-state index contributed by atoms with van der Waals surface area (Å²) in [5.41, 5.74) is 1.65. The van der Waals surface area contributed by atoms with E-state index >= 15 is 0 Å². The Balaban J connectivity index is 1.51. The van der Waals surface area contributed by atoms with Crippen LogP contribution in [0.1, 0.15) is 44.0 Å². The van der Waals surface area contributed by atoms with Crippen molar-refractivity contribution in [2.24, 2.45) is 5.92 Å². The molecule has 1 aromatic heterocycles. The Kier molecular flexibility index (Phi) is 10.2. The SMILES string of the molecule is C[C@H](O)C(=O)Nc1ccc(CN2C(=O)[C@@]3(O[C@@H](CCn4cc(CCO)nn4)[C@H]([Si](C)(C)O)[C@H]3C)c3cc(NC(=O)[C@H](C)O)ccc32)cc1. The second-order valence-corrected chi connectivity index (χ2v) is 17.2. The molecular weight excluding hydrogens is 636 g/mol. The van der Waals surface area contributed by atoms with Crippen LogP contribution in [0.4, 0.5) is 17.1 Å². The first-order chi connectivity index (χ1) is 22.6. The van der Waals surface area contributed by atoms with Gasteiger partial charge in [0.25, 0.3) is 17.7 Å². The summed E-state index contributed by atoms with van der Waals surface area (Å²) >= 11 is 0. The van der Waals surface area contributed by atoms with E-state index in [2.05, 4.69) is 20.9 Å². The second-order valence-electron chi connectivity index (χ2n) is 13.2. The van der Waals surface area contributed by atoms with Crippen LogP contribution in [-0.4, -0.2) is 86.1 Å². The van der Waals surface area contributed by atoms with E-state index < -0.39 is 50.0 Å². The molecule has 48 heavy (non-hydrogen) atoms. The van der Waals surface area contributed by atoms with Crippen LogP contribution in [0.2, 0.25) is 18.6 Å². The predicted octanol–water partition coefficient (Wildman–Crippen LogP) is 1.89. The summed E-state index contributed by atoms with van der Waals surface area (Å²) in [5, 5.41) is 42.2. The topological polar surface area (TPSA) is 199 Å². The molecule has 6 atom stereocenters. The lowest BCUT2D eigenvalue weighted by Crippen LogP contribution is -2.46. The van der Waals surface area contributed by atoms with Crippen LogP contribution in [0.15, 0.2) is 48.7 Å². The molecule has 15 heteroatoms. The van der Waals surface area contributed by atoms with Crippen molar-refractivity contribution in [3.05, 3.63) is 65.5 Å². The van der Waals surface area contributed by atoms with Crippen LogP contribution in [-0.2, 0) is 44.2 Å². The number of aliphatic hydroxyl groups is 3. The Hall–Kier alpha value is -3.99. The Morgan fingerprint density at radius 2 is 1.67 bits per heavy atom. The highest BCUT2D eigenvalue weighted by molar-refractivity contribution is 6.71. The molecule has 258 valence electrons. The first-order valence-corrected chi connectivity index (χ1v) is 19.1. The summed E-state index contributed by atoms with van der Waals surface area (Å²) < 4.78 is 8.55. The monoisotopic (exact) mass is 680 g/mol. The molecule has 0 aliphatic carbocycles. The number of aliphatic hydroxyl groups excluding tert-OH is 3. The number of amides is 3. The number of aryl methyl sites for hydroxylation is 1. The number of nitrogens with one attached hydrogen (secondary N) is 2. The summed E-state index contributed by atoms with van der Waals surface area (Å²) in [5.74, 6) is -1.88. The number of carbonyl (C=O) groups excluding carboxylic acids is 3. The highest BCUT2D eigenvalue weighted by atomic mass is 28.4. The number of carbonyl (C=O) groups is 3.